The molecule has 2 atom stereocenters. The van der Waals surface area contributed by atoms with E-state index in [4.69, 9.17) is 9.26 Å². The average Bonchev–Trinajstić information content (AvgIpc) is 3.39. The fraction of sp³-hybridized carbons (Fsp3) is 0.308. The predicted molar refractivity (Wildman–Crippen MR) is 138 cm³/mol. The quantitative estimate of drug-likeness (QED) is 0.196. The van der Waals surface area contributed by atoms with Crippen LogP contribution in [0.4, 0.5) is 13.2 Å². The summed E-state index contributed by atoms with van der Waals surface area (Å²) >= 11 is 0. The number of carbonyl (C=O) groups excluding carboxylic acids is 1. The number of phosphoric ester groups is 1. The summed E-state index contributed by atoms with van der Waals surface area (Å²) < 4.78 is 64.8. The largest absolute Gasteiger partial charge is 1.00 e. The summed E-state index contributed by atoms with van der Waals surface area (Å²) in [6.07, 6.45) is 2.97. The van der Waals surface area contributed by atoms with Crippen molar-refractivity contribution in [3.63, 3.8) is 0 Å². The zero-order valence-electron chi connectivity index (χ0n) is 23.8. The first-order chi connectivity index (χ1) is 19.2. The first kappa shape index (κ1) is 34.0. The van der Waals surface area contributed by atoms with Crippen molar-refractivity contribution in [1.29, 1.82) is 0 Å². The Bertz CT molecular complexity index is 1770. The van der Waals surface area contributed by atoms with Gasteiger partial charge in [-0.2, -0.15) is 8.78 Å². The zero-order valence-corrected chi connectivity index (χ0v) is 28.7. The third-order valence-electron chi connectivity index (χ3n) is 7.34. The first-order valence-electron chi connectivity index (χ1n) is 12.4. The number of alkyl halides is 2. The molecular formula is C26H23F3N5Na2O6P+2. The Morgan fingerprint density at radius 3 is 2.40 bits per heavy atom. The fourth-order valence-corrected chi connectivity index (χ4v) is 6.32. The molecule has 43 heavy (non-hydrogen) atoms. The van der Waals surface area contributed by atoms with Gasteiger partial charge in [0.15, 0.2) is 5.82 Å². The maximum atomic E-state index is 15.4. The Morgan fingerprint density at radius 1 is 1.09 bits per heavy atom. The molecule has 0 radical (unpaired) electrons. The van der Waals surface area contributed by atoms with E-state index in [1.54, 1.807) is 19.2 Å². The van der Waals surface area contributed by atoms with Crippen LogP contribution in [0.2, 0.25) is 0 Å². The Labute approximate surface area is 287 Å². The molecule has 2 bridgehead atoms. The second-order valence-corrected chi connectivity index (χ2v) is 11.5. The first-order valence-corrected chi connectivity index (χ1v) is 13.9. The van der Waals surface area contributed by atoms with E-state index in [0.717, 1.165) is 0 Å². The number of fused-ring (bicyclic) bond motifs is 9. The van der Waals surface area contributed by atoms with Crippen molar-refractivity contribution >= 4 is 24.8 Å². The summed E-state index contributed by atoms with van der Waals surface area (Å²) in [5, 5.41) is 0. The van der Waals surface area contributed by atoms with Gasteiger partial charge in [-0.05, 0) is 32.0 Å². The van der Waals surface area contributed by atoms with Crippen LogP contribution in [-0.4, -0.2) is 53.8 Å². The summed E-state index contributed by atoms with van der Waals surface area (Å²) in [5.41, 5.74) is 0.190. The molecule has 6 rings (SSSR count). The Morgan fingerprint density at radius 2 is 1.77 bits per heavy atom. The molecule has 4 aromatic rings. The standard InChI is InChI=1S/C26H23F3N5O6P.2Na/c1-26(2,40-41(36,37)38)24-30-10-12(11-31-24)14-7-17-16(8-15(14)27)32-22-19-9-18(34(17)22)21-13(23(35)33(19)3)5-4-6-20(21)39-25(28)29;;/h4-8,10-11,18-19,25H,9H2,1-3H3,(H2,36,37,38);;/q;2*+1/t18-,19-;;/m1../s1. The minimum absolute atomic E-state index is 0. The van der Waals surface area contributed by atoms with Crippen LogP contribution in [0.25, 0.3) is 22.2 Å². The second-order valence-electron chi connectivity index (χ2n) is 10.3. The van der Waals surface area contributed by atoms with Crippen molar-refractivity contribution in [3.8, 4) is 16.9 Å². The molecular weight excluding hydrogens is 612 g/mol. The maximum absolute atomic E-state index is 15.4. The third kappa shape index (κ3) is 6.07. The Balaban J connectivity index is 0.00000212. The molecule has 0 fully saturated rings. The predicted octanol–water partition coefficient (Wildman–Crippen LogP) is -1.29. The van der Waals surface area contributed by atoms with Gasteiger partial charge in [0.25, 0.3) is 5.91 Å². The molecule has 11 nitrogen and oxygen atoms in total. The molecule has 0 spiro atoms. The molecule has 0 unspecified atom stereocenters. The van der Waals surface area contributed by atoms with Crippen molar-refractivity contribution in [2.45, 2.75) is 44.6 Å². The van der Waals surface area contributed by atoms with Gasteiger partial charge in [0.05, 0.1) is 23.1 Å². The number of phosphoric acid groups is 1. The van der Waals surface area contributed by atoms with E-state index in [-0.39, 0.29) is 93.3 Å². The van der Waals surface area contributed by atoms with Crippen LogP contribution in [-0.2, 0) is 14.7 Å². The molecule has 2 aliphatic rings. The van der Waals surface area contributed by atoms with Gasteiger partial charge >= 0.3 is 73.5 Å². The molecule has 17 heteroatoms. The summed E-state index contributed by atoms with van der Waals surface area (Å²) in [5.74, 6) is -0.660. The summed E-state index contributed by atoms with van der Waals surface area (Å²) in [6.45, 7) is -0.333. The van der Waals surface area contributed by atoms with Crippen LogP contribution in [0, 0.1) is 5.82 Å². The van der Waals surface area contributed by atoms with E-state index in [1.165, 1.54) is 49.3 Å². The third-order valence-corrected chi connectivity index (χ3v) is 8.04. The molecule has 0 aliphatic carbocycles. The number of rotatable bonds is 6. The molecule has 4 heterocycles. The molecule has 2 aliphatic heterocycles. The number of aromatic nitrogens is 4. The number of imidazole rings is 1. The summed E-state index contributed by atoms with van der Waals surface area (Å²) in [6, 6.07) is 6.13. The van der Waals surface area contributed by atoms with Gasteiger partial charge in [0, 0.05) is 54.2 Å². The number of carbonyl (C=O) groups is 1. The monoisotopic (exact) mass is 635 g/mol. The number of hydrogen-bond donors (Lipinski definition) is 2. The molecule has 214 valence electrons. The van der Waals surface area contributed by atoms with Gasteiger partial charge in [-0.25, -0.2) is 23.9 Å². The zero-order chi connectivity index (χ0) is 29.4. The van der Waals surface area contributed by atoms with Crippen molar-refractivity contribution in [1.82, 2.24) is 24.4 Å². The van der Waals surface area contributed by atoms with Crippen LogP contribution in [0.5, 0.6) is 5.75 Å². The Kier molecular flexibility index (Phi) is 9.63. The fourth-order valence-electron chi connectivity index (χ4n) is 5.64. The van der Waals surface area contributed by atoms with Gasteiger partial charge < -0.3 is 24.0 Å². The molecule has 0 saturated heterocycles. The van der Waals surface area contributed by atoms with Crippen molar-refractivity contribution < 1.29 is 101 Å². The van der Waals surface area contributed by atoms with Gasteiger partial charge in [0.1, 0.15) is 23.0 Å². The molecule has 2 N–H and O–H groups in total. The maximum Gasteiger partial charge on any atom is 1.00 e. The van der Waals surface area contributed by atoms with Crippen LogP contribution >= 0.6 is 7.82 Å². The van der Waals surface area contributed by atoms with Crippen LogP contribution in [0.3, 0.4) is 0 Å². The van der Waals surface area contributed by atoms with Crippen LogP contribution in [0.15, 0.2) is 42.7 Å². The number of amides is 1. The van der Waals surface area contributed by atoms with Crippen molar-refractivity contribution in [2.75, 3.05) is 7.05 Å². The molecule has 2 aromatic carbocycles. The molecule has 2 aromatic heterocycles. The number of hydrogen-bond acceptors (Lipinski definition) is 7. The van der Waals surface area contributed by atoms with Gasteiger partial charge in [-0.15, -0.1) is 0 Å². The average molecular weight is 635 g/mol. The Hall–Kier alpha value is -1.84. The van der Waals surface area contributed by atoms with Gasteiger partial charge in [-0.1, -0.05) is 6.07 Å². The van der Waals surface area contributed by atoms with Crippen molar-refractivity contribution in [2.24, 2.45) is 0 Å². The SMILES string of the molecule is CN1C(=O)c2cccc(OC(F)F)c2[C@H]2C[C@@H]1c1nc3cc(F)c(-c4cnc(C(C)(C)OP(=O)(O)O)nc4)cc3n12.[Na+].[Na+]. The minimum atomic E-state index is -4.84. The van der Waals surface area contributed by atoms with E-state index >= 15 is 4.39 Å². The van der Waals surface area contributed by atoms with Gasteiger partial charge in [0.2, 0.25) is 0 Å². The summed E-state index contributed by atoms with van der Waals surface area (Å²) in [4.78, 5) is 46.1. The number of ether oxygens (including phenoxy) is 1. The van der Waals surface area contributed by atoms with E-state index in [2.05, 4.69) is 15.0 Å². The number of halogens is 3. The van der Waals surface area contributed by atoms with Crippen LogP contribution < -0.4 is 63.9 Å². The second kappa shape index (κ2) is 12.2. The molecule has 0 saturated carbocycles. The smallest absolute Gasteiger partial charge is 0.434 e. The van der Waals surface area contributed by atoms with E-state index in [1.807, 2.05) is 4.57 Å². The summed E-state index contributed by atoms with van der Waals surface area (Å²) in [7, 11) is -3.23. The topological polar surface area (TPSA) is 140 Å². The van der Waals surface area contributed by atoms with E-state index in [9.17, 15) is 27.9 Å². The number of benzene rings is 2. The van der Waals surface area contributed by atoms with Crippen LogP contribution in [0.1, 0.15) is 59.9 Å². The van der Waals surface area contributed by atoms with E-state index < -0.39 is 37.9 Å². The molecule has 1 amide bonds. The normalized spacial score (nSPS) is 17.7. The minimum Gasteiger partial charge on any atom is -0.434 e. The van der Waals surface area contributed by atoms with Gasteiger partial charge in [-0.3, -0.25) is 9.32 Å². The van der Waals surface area contributed by atoms with E-state index in [0.29, 0.717) is 28.8 Å². The number of nitrogens with zero attached hydrogens (tertiary/aromatic N) is 5. The van der Waals surface area contributed by atoms with Crippen molar-refractivity contribution in [3.05, 3.63) is 71.3 Å².